The van der Waals surface area contributed by atoms with Crippen molar-refractivity contribution >= 4 is 23.2 Å². The molecule has 0 radical (unpaired) electrons. The maximum atomic E-state index is 13.6. The predicted octanol–water partition coefficient (Wildman–Crippen LogP) is 5.74. The summed E-state index contributed by atoms with van der Waals surface area (Å²) in [6.07, 6.45) is -3.80. The van der Waals surface area contributed by atoms with Crippen LogP contribution in [0, 0.1) is 0 Å². The lowest BCUT2D eigenvalue weighted by Crippen LogP contribution is -2.21. The van der Waals surface area contributed by atoms with Gasteiger partial charge < -0.3 is 14.5 Å². The number of H-pyrrole nitrogens is 1. The summed E-state index contributed by atoms with van der Waals surface area (Å²) in [5.74, 6) is -1.16. The fourth-order valence-electron chi connectivity index (χ4n) is 2.41. The first-order chi connectivity index (χ1) is 14.0. The Bertz CT molecular complexity index is 1130. The van der Waals surface area contributed by atoms with Crippen LogP contribution in [-0.2, 0) is 6.18 Å². The van der Waals surface area contributed by atoms with E-state index in [0.29, 0.717) is 5.75 Å². The van der Waals surface area contributed by atoms with Crippen LogP contribution in [-0.4, -0.2) is 21.1 Å². The van der Waals surface area contributed by atoms with E-state index in [1.165, 1.54) is 36.5 Å². The van der Waals surface area contributed by atoms with E-state index in [2.05, 4.69) is 15.0 Å². The molecule has 0 aliphatic rings. The zero-order valence-electron chi connectivity index (χ0n) is 15.6. The van der Waals surface area contributed by atoms with Crippen LogP contribution >= 0.6 is 23.2 Å². The normalized spacial score (nSPS) is 11.6. The van der Waals surface area contributed by atoms with E-state index in [1.54, 1.807) is 13.8 Å². The molecule has 0 aliphatic carbocycles. The molecule has 0 spiro atoms. The van der Waals surface area contributed by atoms with E-state index in [1.807, 2.05) is 0 Å². The van der Waals surface area contributed by atoms with Gasteiger partial charge in [-0.05, 0) is 32.0 Å². The van der Waals surface area contributed by atoms with Crippen molar-refractivity contribution in [1.29, 1.82) is 0 Å². The Morgan fingerprint density at radius 3 is 2.43 bits per heavy atom. The number of hydrogen-bond acceptors (Lipinski definition) is 5. The molecule has 0 saturated heterocycles. The maximum absolute atomic E-state index is 13.6. The third-order valence-electron chi connectivity index (χ3n) is 3.60. The number of pyridine rings is 1. The molecular weight excluding hydrogens is 446 g/mol. The van der Waals surface area contributed by atoms with Gasteiger partial charge in [0.1, 0.15) is 17.2 Å². The van der Waals surface area contributed by atoms with Crippen molar-refractivity contribution < 1.29 is 22.6 Å². The number of nitrogens with one attached hydrogen (secondary N) is 1. The number of ether oxygens (including phenoxy) is 2. The number of aromatic amines is 1. The van der Waals surface area contributed by atoms with Gasteiger partial charge in [0.25, 0.3) is 5.56 Å². The van der Waals surface area contributed by atoms with Crippen LogP contribution < -0.4 is 15.0 Å². The molecule has 0 saturated carbocycles. The fraction of sp³-hybridized carbons (Fsp3) is 0.211. The van der Waals surface area contributed by atoms with Crippen molar-refractivity contribution in [2.45, 2.75) is 26.1 Å². The van der Waals surface area contributed by atoms with Gasteiger partial charge in [0.05, 0.1) is 16.1 Å². The highest BCUT2D eigenvalue weighted by molar-refractivity contribution is 6.42. The molecule has 11 heteroatoms. The Labute approximate surface area is 178 Å². The fourth-order valence-corrected chi connectivity index (χ4v) is 2.70. The molecule has 6 nitrogen and oxygen atoms in total. The van der Waals surface area contributed by atoms with E-state index in [9.17, 15) is 18.0 Å². The molecule has 1 aromatic carbocycles. The molecule has 0 atom stereocenters. The van der Waals surface area contributed by atoms with E-state index >= 15 is 0 Å². The summed E-state index contributed by atoms with van der Waals surface area (Å²) >= 11 is 11.6. The van der Waals surface area contributed by atoms with Crippen LogP contribution in [0.15, 0.2) is 41.3 Å². The molecule has 0 aliphatic heterocycles. The molecule has 3 rings (SSSR count). The minimum atomic E-state index is -4.97. The van der Waals surface area contributed by atoms with Crippen molar-refractivity contribution in [3.8, 4) is 28.8 Å². The number of alkyl halides is 3. The highest BCUT2D eigenvalue weighted by atomic mass is 35.5. The maximum Gasteiger partial charge on any atom is 0.437 e. The molecular formula is C19H14Cl2F3N3O3. The van der Waals surface area contributed by atoms with E-state index in [4.69, 9.17) is 32.7 Å². The molecule has 0 amide bonds. The van der Waals surface area contributed by atoms with Gasteiger partial charge >= 0.3 is 6.18 Å². The highest BCUT2D eigenvalue weighted by Crippen LogP contribution is 2.36. The van der Waals surface area contributed by atoms with Crippen molar-refractivity contribution in [2.24, 2.45) is 0 Å². The van der Waals surface area contributed by atoms with Crippen molar-refractivity contribution in [3.63, 3.8) is 0 Å². The Kier molecular flexibility index (Phi) is 6.23. The monoisotopic (exact) mass is 459 g/mol. The minimum Gasteiger partial charge on any atom is -0.491 e. The number of benzene rings is 1. The first-order valence-corrected chi connectivity index (χ1v) is 9.27. The number of rotatable bonds is 5. The Morgan fingerprint density at radius 1 is 1.07 bits per heavy atom. The largest absolute Gasteiger partial charge is 0.491 e. The summed E-state index contributed by atoms with van der Waals surface area (Å²) in [6.45, 7) is 3.58. The summed E-state index contributed by atoms with van der Waals surface area (Å²) in [4.78, 5) is 22.2. The molecule has 0 fully saturated rings. The number of hydrogen-bond donors (Lipinski definition) is 1. The number of aromatic nitrogens is 3. The topological polar surface area (TPSA) is 77.1 Å². The van der Waals surface area contributed by atoms with Gasteiger partial charge in [-0.1, -0.05) is 23.2 Å². The smallest absolute Gasteiger partial charge is 0.437 e. The quantitative estimate of drug-likeness (QED) is 0.526. The molecule has 0 unspecified atom stereocenters. The van der Waals surface area contributed by atoms with Crippen LogP contribution in [0.2, 0.25) is 10.0 Å². The van der Waals surface area contributed by atoms with Gasteiger partial charge in [0.2, 0.25) is 5.75 Å². The van der Waals surface area contributed by atoms with Gasteiger partial charge in [-0.15, -0.1) is 0 Å². The lowest BCUT2D eigenvalue weighted by atomic mass is 10.2. The summed E-state index contributed by atoms with van der Waals surface area (Å²) in [7, 11) is 0. The third-order valence-corrected chi connectivity index (χ3v) is 4.34. The van der Waals surface area contributed by atoms with E-state index in [0.717, 1.165) is 0 Å². The van der Waals surface area contributed by atoms with Gasteiger partial charge in [-0.25, -0.2) is 4.98 Å². The molecule has 158 valence electrons. The van der Waals surface area contributed by atoms with Gasteiger partial charge in [-0.3, -0.25) is 9.78 Å². The first-order valence-electron chi connectivity index (χ1n) is 8.52. The Hall–Kier alpha value is -2.78. The van der Waals surface area contributed by atoms with Crippen LogP contribution in [0.4, 0.5) is 13.2 Å². The molecule has 2 aromatic heterocycles. The van der Waals surface area contributed by atoms with E-state index < -0.39 is 23.2 Å². The molecule has 1 N–H and O–H groups in total. The average molecular weight is 460 g/mol. The summed E-state index contributed by atoms with van der Waals surface area (Å²) < 4.78 is 51.6. The Balaban J connectivity index is 2.08. The lowest BCUT2D eigenvalue weighted by Gasteiger charge is -2.14. The lowest BCUT2D eigenvalue weighted by molar-refractivity contribution is -0.142. The van der Waals surface area contributed by atoms with Gasteiger partial charge in [0, 0.05) is 18.3 Å². The van der Waals surface area contributed by atoms with Crippen LogP contribution in [0.1, 0.15) is 19.5 Å². The second kappa shape index (κ2) is 8.53. The second-order valence-electron chi connectivity index (χ2n) is 6.31. The SMILES string of the molecule is CC(C)Oc1ccnc(-c2nc(C(F)(F)F)c(Oc3ccc(Cl)c(Cl)c3)c(=O)[nH]2)c1. The van der Waals surface area contributed by atoms with Crippen molar-refractivity contribution in [2.75, 3.05) is 0 Å². The van der Waals surface area contributed by atoms with Crippen molar-refractivity contribution in [1.82, 2.24) is 15.0 Å². The second-order valence-corrected chi connectivity index (χ2v) is 7.13. The average Bonchev–Trinajstić information content (AvgIpc) is 2.65. The molecule has 0 bridgehead atoms. The van der Waals surface area contributed by atoms with Crippen molar-refractivity contribution in [3.05, 3.63) is 62.6 Å². The summed E-state index contributed by atoms with van der Waals surface area (Å²) in [5.41, 5.74) is -2.66. The zero-order chi connectivity index (χ0) is 22.1. The van der Waals surface area contributed by atoms with Crippen LogP contribution in [0.5, 0.6) is 17.2 Å². The first kappa shape index (κ1) is 21.9. The minimum absolute atomic E-state index is 0.00293. The number of nitrogens with zero attached hydrogens (tertiary/aromatic N) is 2. The van der Waals surface area contributed by atoms with Crippen LogP contribution in [0.25, 0.3) is 11.5 Å². The van der Waals surface area contributed by atoms with E-state index in [-0.39, 0.29) is 33.4 Å². The van der Waals surface area contributed by atoms with Gasteiger partial charge in [0.15, 0.2) is 11.5 Å². The van der Waals surface area contributed by atoms with Gasteiger partial charge in [-0.2, -0.15) is 13.2 Å². The molecule has 30 heavy (non-hydrogen) atoms. The molecule has 3 aromatic rings. The summed E-state index contributed by atoms with van der Waals surface area (Å²) in [5, 5.41) is 0.229. The number of halogens is 5. The molecule has 2 heterocycles. The standard InChI is InChI=1S/C19H14Cl2F3N3O3/c1-9(2)29-11-5-6-25-14(8-11)17-26-16(19(22,23)24)15(18(28)27-17)30-10-3-4-12(20)13(21)7-10/h3-9H,1-2H3,(H,26,27,28). The predicted molar refractivity (Wildman–Crippen MR) is 105 cm³/mol. The summed E-state index contributed by atoms with van der Waals surface area (Å²) in [6, 6.07) is 6.69. The zero-order valence-corrected chi connectivity index (χ0v) is 17.1. The highest BCUT2D eigenvalue weighted by Gasteiger charge is 2.39. The Morgan fingerprint density at radius 2 is 1.80 bits per heavy atom. The van der Waals surface area contributed by atoms with Crippen LogP contribution in [0.3, 0.4) is 0 Å². The third kappa shape index (κ3) is 5.03.